The van der Waals surface area contributed by atoms with E-state index in [4.69, 9.17) is 23.2 Å². The van der Waals surface area contributed by atoms with Crippen LogP contribution in [0.1, 0.15) is 0 Å². The molecule has 0 aromatic heterocycles. The third kappa shape index (κ3) is 3.21. The molecule has 0 bridgehead atoms. The molecule has 0 unspecified atom stereocenters. The normalized spacial score (nSPS) is 11.3. The van der Waals surface area contributed by atoms with Crippen molar-refractivity contribution in [3.05, 3.63) is 47.5 Å². The van der Waals surface area contributed by atoms with Crippen molar-refractivity contribution >= 4 is 33.3 Å². The molecular weight excluding hydrogens is 259 g/mol. The number of hydrogen-bond acceptors (Lipinski definition) is 3. The number of rotatable bonds is 4. The lowest BCUT2D eigenvalue weighted by molar-refractivity contribution is 0.412. The maximum atomic E-state index is 11.5. The Labute approximate surface area is 98.4 Å². The minimum atomic E-state index is -3.92. The Bertz CT molecular complexity index is 468. The molecule has 1 aromatic carbocycles. The van der Waals surface area contributed by atoms with Gasteiger partial charge in [0.25, 0.3) is 10.1 Å². The van der Waals surface area contributed by atoms with E-state index < -0.39 is 10.1 Å². The quantitative estimate of drug-likeness (QED) is 0.786. The molecule has 81 valence electrons. The summed E-state index contributed by atoms with van der Waals surface area (Å²) in [6, 6.07) is 4.09. The maximum absolute atomic E-state index is 11.5. The van der Waals surface area contributed by atoms with Gasteiger partial charge in [0.2, 0.25) is 0 Å². The summed E-state index contributed by atoms with van der Waals surface area (Å²) < 4.78 is 27.5. The predicted octanol–water partition coefficient (Wildman–Crippen LogP) is 3.05. The van der Waals surface area contributed by atoms with Gasteiger partial charge in [0.15, 0.2) is 0 Å². The minimum Gasteiger partial charge on any atom is -0.256 e. The lowest BCUT2D eigenvalue weighted by Crippen LogP contribution is -2.04. The molecule has 0 aliphatic carbocycles. The van der Waals surface area contributed by atoms with Crippen LogP contribution in [0.4, 0.5) is 0 Å². The predicted molar refractivity (Wildman–Crippen MR) is 59.2 cm³/mol. The SMILES string of the molecule is C=C[CH]OS(=O)(=O)c1cc(Cl)ccc1Cl. The van der Waals surface area contributed by atoms with Crippen molar-refractivity contribution in [1.82, 2.24) is 0 Å². The van der Waals surface area contributed by atoms with Crippen molar-refractivity contribution in [2.75, 3.05) is 0 Å². The topological polar surface area (TPSA) is 43.4 Å². The molecule has 0 spiro atoms. The number of hydrogen-bond donors (Lipinski definition) is 0. The van der Waals surface area contributed by atoms with Gasteiger partial charge in [-0.1, -0.05) is 29.3 Å². The Kier molecular flexibility index (Phi) is 4.16. The molecule has 6 heteroatoms. The summed E-state index contributed by atoms with van der Waals surface area (Å²) in [5.41, 5.74) is 0. The molecule has 1 aromatic rings. The summed E-state index contributed by atoms with van der Waals surface area (Å²) in [5.74, 6) is 0. The Balaban J connectivity index is 3.14. The summed E-state index contributed by atoms with van der Waals surface area (Å²) >= 11 is 11.4. The fourth-order valence-electron chi connectivity index (χ4n) is 0.833. The molecule has 0 aliphatic rings. The third-order valence-electron chi connectivity index (χ3n) is 1.44. The fraction of sp³-hybridized carbons (Fsp3) is 0. The molecule has 0 amide bonds. The molecule has 3 nitrogen and oxygen atoms in total. The zero-order chi connectivity index (χ0) is 11.5. The van der Waals surface area contributed by atoms with Crippen LogP contribution in [-0.2, 0) is 14.3 Å². The zero-order valence-corrected chi connectivity index (χ0v) is 9.81. The van der Waals surface area contributed by atoms with Crippen molar-refractivity contribution in [1.29, 1.82) is 0 Å². The highest BCUT2D eigenvalue weighted by atomic mass is 35.5. The summed E-state index contributed by atoms with van der Waals surface area (Å²) in [4.78, 5) is -0.172. The first-order valence-corrected chi connectivity index (χ1v) is 5.96. The van der Waals surface area contributed by atoms with Crippen molar-refractivity contribution < 1.29 is 12.6 Å². The lowest BCUT2D eigenvalue weighted by Gasteiger charge is -2.05. The molecule has 0 N–H and O–H groups in total. The second-order valence-corrected chi connectivity index (χ2v) is 4.88. The van der Waals surface area contributed by atoms with Gasteiger partial charge in [-0.05, 0) is 18.2 Å². The first-order valence-electron chi connectivity index (χ1n) is 3.80. The van der Waals surface area contributed by atoms with E-state index in [-0.39, 0.29) is 14.9 Å². The van der Waals surface area contributed by atoms with Gasteiger partial charge in [0.05, 0.1) is 5.02 Å². The largest absolute Gasteiger partial charge is 0.299 e. The van der Waals surface area contributed by atoms with Crippen molar-refractivity contribution in [3.63, 3.8) is 0 Å². The number of halogens is 2. The van der Waals surface area contributed by atoms with Gasteiger partial charge >= 0.3 is 0 Å². The molecule has 0 saturated carbocycles. The molecule has 0 fully saturated rings. The zero-order valence-electron chi connectivity index (χ0n) is 7.48. The highest BCUT2D eigenvalue weighted by molar-refractivity contribution is 7.87. The van der Waals surface area contributed by atoms with Gasteiger partial charge < -0.3 is 0 Å². The molecule has 0 aliphatic heterocycles. The van der Waals surface area contributed by atoms with E-state index in [1.807, 2.05) is 0 Å². The van der Waals surface area contributed by atoms with Gasteiger partial charge in [0, 0.05) is 5.02 Å². The second kappa shape index (κ2) is 4.99. The molecule has 0 saturated heterocycles. The van der Waals surface area contributed by atoms with Crippen LogP contribution in [-0.4, -0.2) is 8.42 Å². The standard InChI is InChI=1S/C9H7Cl2O3S/c1-2-5-14-15(12,13)9-6-7(10)3-4-8(9)11/h2-6H,1H2. The Morgan fingerprint density at radius 2 is 2.00 bits per heavy atom. The summed E-state index contributed by atoms with van der Waals surface area (Å²) in [6.45, 7) is 4.24. The Morgan fingerprint density at radius 1 is 1.33 bits per heavy atom. The average Bonchev–Trinajstić information content (AvgIpc) is 2.18. The van der Waals surface area contributed by atoms with Gasteiger partial charge in [-0.2, -0.15) is 8.42 Å². The van der Waals surface area contributed by atoms with E-state index >= 15 is 0 Å². The molecule has 0 atom stereocenters. The maximum Gasteiger partial charge on any atom is 0.299 e. The van der Waals surface area contributed by atoms with E-state index in [2.05, 4.69) is 10.8 Å². The first kappa shape index (κ1) is 12.5. The number of benzene rings is 1. The van der Waals surface area contributed by atoms with Crippen LogP contribution < -0.4 is 0 Å². The van der Waals surface area contributed by atoms with Crippen molar-refractivity contribution in [3.8, 4) is 0 Å². The smallest absolute Gasteiger partial charge is 0.256 e. The molecule has 0 heterocycles. The molecular formula is C9H7Cl2O3S. The van der Waals surface area contributed by atoms with Crippen LogP contribution in [0.25, 0.3) is 0 Å². The lowest BCUT2D eigenvalue weighted by atomic mass is 10.4. The summed E-state index contributed by atoms with van der Waals surface area (Å²) in [6.07, 6.45) is 1.20. The molecule has 1 radical (unpaired) electrons. The van der Waals surface area contributed by atoms with Crippen molar-refractivity contribution in [2.45, 2.75) is 4.90 Å². The van der Waals surface area contributed by atoms with Crippen LogP contribution in [0.2, 0.25) is 10.0 Å². The fourth-order valence-corrected chi connectivity index (χ4v) is 2.38. The van der Waals surface area contributed by atoms with Crippen molar-refractivity contribution in [2.24, 2.45) is 0 Å². The van der Waals surface area contributed by atoms with Crippen LogP contribution in [0, 0.1) is 6.61 Å². The third-order valence-corrected chi connectivity index (χ3v) is 3.36. The van der Waals surface area contributed by atoms with Gasteiger partial charge in [-0.15, -0.1) is 6.58 Å². The monoisotopic (exact) mass is 265 g/mol. The second-order valence-electron chi connectivity index (χ2n) is 2.50. The Hall–Kier alpha value is -0.550. The van der Waals surface area contributed by atoms with Crippen LogP contribution >= 0.6 is 23.2 Å². The summed E-state index contributed by atoms with van der Waals surface area (Å²) in [5, 5.41) is 0.317. The Morgan fingerprint density at radius 3 is 2.60 bits per heavy atom. The molecule has 1 rings (SSSR count). The average molecular weight is 266 g/mol. The van der Waals surface area contributed by atoms with Crippen LogP contribution in [0.5, 0.6) is 0 Å². The first-order chi connectivity index (χ1) is 6.97. The van der Waals surface area contributed by atoms with Gasteiger partial charge in [0.1, 0.15) is 11.5 Å². The van der Waals surface area contributed by atoms with Crippen LogP contribution in [0.3, 0.4) is 0 Å². The van der Waals surface area contributed by atoms with Crippen LogP contribution in [0.15, 0.2) is 35.7 Å². The van der Waals surface area contributed by atoms with Gasteiger partial charge in [-0.25, -0.2) is 0 Å². The minimum absolute atomic E-state index is 0.0527. The summed E-state index contributed by atoms with van der Waals surface area (Å²) in [7, 11) is -3.92. The van der Waals surface area contributed by atoms with E-state index in [9.17, 15) is 8.42 Å². The van der Waals surface area contributed by atoms with Gasteiger partial charge in [-0.3, -0.25) is 4.18 Å². The van der Waals surface area contributed by atoms with E-state index in [0.29, 0.717) is 0 Å². The highest BCUT2D eigenvalue weighted by Gasteiger charge is 2.18. The highest BCUT2D eigenvalue weighted by Crippen LogP contribution is 2.26. The molecule has 15 heavy (non-hydrogen) atoms. The van der Waals surface area contributed by atoms with E-state index in [0.717, 1.165) is 6.61 Å². The van der Waals surface area contributed by atoms with E-state index in [1.165, 1.54) is 24.3 Å². The van der Waals surface area contributed by atoms with E-state index in [1.54, 1.807) is 0 Å².